The van der Waals surface area contributed by atoms with Gasteiger partial charge in [0.2, 0.25) is 0 Å². The van der Waals surface area contributed by atoms with Gasteiger partial charge in [0.25, 0.3) is 0 Å². The summed E-state index contributed by atoms with van der Waals surface area (Å²) in [4.78, 5) is 38.4. The minimum Gasteiger partial charge on any atom is -0.444 e. The molecule has 1 fully saturated rings. The van der Waals surface area contributed by atoms with Crippen molar-refractivity contribution in [1.82, 2.24) is 24.3 Å². The second kappa shape index (κ2) is 14.1. The maximum Gasteiger partial charge on any atom is 0.410 e. The van der Waals surface area contributed by atoms with Crippen LogP contribution >= 0.6 is 11.6 Å². The summed E-state index contributed by atoms with van der Waals surface area (Å²) < 4.78 is 27.0. The van der Waals surface area contributed by atoms with Crippen LogP contribution in [0.15, 0.2) is 42.9 Å². The van der Waals surface area contributed by atoms with Gasteiger partial charge in [0.15, 0.2) is 0 Å². The maximum atomic E-state index is 13.4. The highest BCUT2D eigenvalue weighted by Gasteiger charge is 2.32. The highest BCUT2D eigenvalue weighted by Crippen LogP contribution is 2.37. The quantitative estimate of drug-likeness (QED) is 0.214. The van der Waals surface area contributed by atoms with Crippen molar-refractivity contribution in [3.8, 4) is 0 Å². The standard InChI is InChI=1S/C33H45ClFN5O4/c1-32(2,3)43-30(41)38(18-14-23-8-11-25(35)12-9-23)16-7-17-39(31(42)44-33(4,5)6)21-24-10-13-26(20-24)40-19-15-27-28(34)36-22-37-29(27)40/h8-9,11-12,15,19,22,24,26H,7,10,13-14,16-18,20-21H2,1-6H3. The van der Waals surface area contributed by atoms with E-state index in [0.717, 1.165) is 35.9 Å². The number of benzene rings is 1. The van der Waals surface area contributed by atoms with Crippen LogP contribution in [-0.4, -0.2) is 73.9 Å². The smallest absolute Gasteiger partial charge is 0.410 e. The third-order valence-corrected chi connectivity index (χ3v) is 7.89. The third-order valence-electron chi connectivity index (χ3n) is 7.59. The van der Waals surface area contributed by atoms with E-state index in [2.05, 4.69) is 14.5 Å². The van der Waals surface area contributed by atoms with Gasteiger partial charge in [0.05, 0.1) is 5.39 Å². The van der Waals surface area contributed by atoms with Crippen LogP contribution in [0.3, 0.4) is 0 Å². The van der Waals surface area contributed by atoms with E-state index < -0.39 is 17.3 Å². The largest absolute Gasteiger partial charge is 0.444 e. The molecule has 4 rings (SSSR count). The van der Waals surface area contributed by atoms with E-state index in [4.69, 9.17) is 21.1 Å². The molecular formula is C33H45ClFN5O4. The summed E-state index contributed by atoms with van der Waals surface area (Å²) >= 11 is 6.27. The van der Waals surface area contributed by atoms with Crippen LogP contribution in [0.5, 0.6) is 0 Å². The number of carbonyl (C=O) groups is 2. The number of hydrogen-bond acceptors (Lipinski definition) is 6. The molecule has 2 atom stereocenters. The SMILES string of the molecule is CC(C)(C)OC(=O)N(CCCN(CC1CCC(n2ccc3c(Cl)ncnc32)C1)C(=O)OC(C)(C)C)CCc1ccc(F)cc1. The van der Waals surface area contributed by atoms with Crippen molar-refractivity contribution >= 4 is 34.8 Å². The van der Waals surface area contributed by atoms with E-state index in [9.17, 15) is 14.0 Å². The van der Waals surface area contributed by atoms with Crippen molar-refractivity contribution in [1.29, 1.82) is 0 Å². The second-order valence-corrected chi connectivity index (χ2v) is 13.9. The lowest BCUT2D eigenvalue weighted by atomic mass is 10.1. The molecule has 0 spiro atoms. The molecule has 2 heterocycles. The Kier molecular flexibility index (Phi) is 10.8. The fourth-order valence-corrected chi connectivity index (χ4v) is 5.78. The molecule has 1 aromatic carbocycles. The normalized spacial score (nSPS) is 17.1. The number of nitrogens with zero attached hydrogens (tertiary/aromatic N) is 5. The van der Waals surface area contributed by atoms with Crippen LogP contribution in [0.25, 0.3) is 11.0 Å². The van der Waals surface area contributed by atoms with Gasteiger partial charge in [-0.2, -0.15) is 0 Å². The Labute approximate surface area is 264 Å². The number of amides is 2. The van der Waals surface area contributed by atoms with Crippen LogP contribution in [0, 0.1) is 11.7 Å². The average molecular weight is 630 g/mol. The van der Waals surface area contributed by atoms with Crippen molar-refractivity contribution in [3.05, 3.63) is 59.4 Å². The van der Waals surface area contributed by atoms with Gasteiger partial charge in [-0.25, -0.2) is 23.9 Å². The lowest BCUT2D eigenvalue weighted by Gasteiger charge is -2.31. The van der Waals surface area contributed by atoms with Crippen LogP contribution in [0.2, 0.25) is 5.15 Å². The first-order valence-corrected chi connectivity index (χ1v) is 15.7. The lowest BCUT2D eigenvalue weighted by Crippen LogP contribution is -2.42. The number of aromatic nitrogens is 3. The zero-order chi connectivity index (χ0) is 32.1. The van der Waals surface area contributed by atoms with Gasteiger partial charge in [-0.05, 0) is 103 Å². The Morgan fingerprint density at radius 2 is 1.57 bits per heavy atom. The number of fused-ring (bicyclic) bond motifs is 1. The number of hydrogen-bond donors (Lipinski definition) is 0. The topological polar surface area (TPSA) is 89.8 Å². The van der Waals surface area contributed by atoms with Crippen LogP contribution < -0.4 is 0 Å². The lowest BCUT2D eigenvalue weighted by molar-refractivity contribution is 0.0186. The molecule has 2 unspecified atom stereocenters. The molecule has 44 heavy (non-hydrogen) atoms. The molecule has 0 aliphatic heterocycles. The molecule has 0 N–H and O–H groups in total. The first kappa shape index (κ1) is 33.5. The summed E-state index contributed by atoms with van der Waals surface area (Å²) in [6.07, 6.45) is 6.66. The summed E-state index contributed by atoms with van der Waals surface area (Å²) in [5.41, 5.74) is 0.474. The molecule has 240 valence electrons. The molecule has 1 aliphatic rings. The van der Waals surface area contributed by atoms with Crippen molar-refractivity contribution < 1.29 is 23.5 Å². The maximum absolute atomic E-state index is 13.4. The zero-order valence-corrected chi connectivity index (χ0v) is 27.4. The molecule has 3 aromatic rings. The van der Waals surface area contributed by atoms with Crippen molar-refractivity contribution in [3.63, 3.8) is 0 Å². The van der Waals surface area contributed by atoms with Gasteiger partial charge < -0.3 is 23.8 Å². The van der Waals surface area contributed by atoms with Gasteiger partial charge >= 0.3 is 12.2 Å². The highest BCUT2D eigenvalue weighted by atomic mass is 35.5. The van der Waals surface area contributed by atoms with Gasteiger partial charge in [-0.3, -0.25) is 0 Å². The van der Waals surface area contributed by atoms with E-state index >= 15 is 0 Å². The van der Waals surface area contributed by atoms with Crippen LogP contribution in [-0.2, 0) is 15.9 Å². The number of halogens is 2. The average Bonchev–Trinajstić information content (AvgIpc) is 3.56. The Hall–Kier alpha value is -3.40. The van der Waals surface area contributed by atoms with Crippen LogP contribution in [0.4, 0.5) is 14.0 Å². The van der Waals surface area contributed by atoms with Crippen molar-refractivity contribution in [2.24, 2.45) is 5.92 Å². The van der Waals surface area contributed by atoms with E-state index in [1.165, 1.54) is 18.5 Å². The summed E-state index contributed by atoms with van der Waals surface area (Å²) in [6.45, 7) is 12.9. The Morgan fingerprint density at radius 3 is 2.23 bits per heavy atom. The Bertz CT molecular complexity index is 1420. The van der Waals surface area contributed by atoms with E-state index in [-0.39, 0.29) is 23.9 Å². The molecule has 0 saturated heterocycles. The van der Waals surface area contributed by atoms with E-state index in [0.29, 0.717) is 44.2 Å². The van der Waals surface area contributed by atoms with E-state index in [1.807, 2.05) is 53.8 Å². The number of carbonyl (C=O) groups excluding carboxylic acids is 2. The predicted molar refractivity (Wildman–Crippen MR) is 169 cm³/mol. The first-order chi connectivity index (χ1) is 20.7. The molecule has 2 aromatic heterocycles. The minimum absolute atomic E-state index is 0.248. The summed E-state index contributed by atoms with van der Waals surface area (Å²) in [5, 5.41) is 1.28. The van der Waals surface area contributed by atoms with Crippen LogP contribution in [0.1, 0.15) is 78.8 Å². The minimum atomic E-state index is -0.644. The second-order valence-electron chi connectivity index (χ2n) is 13.6. The van der Waals surface area contributed by atoms with Crippen molar-refractivity contribution in [2.75, 3.05) is 26.2 Å². The monoisotopic (exact) mass is 629 g/mol. The fraction of sp³-hybridized carbons (Fsp3) is 0.576. The number of ether oxygens (including phenoxy) is 2. The summed E-state index contributed by atoms with van der Waals surface area (Å²) in [6, 6.07) is 8.48. The highest BCUT2D eigenvalue weighted by molar-refractivity contribution is 6.33. The van der Waals surface area contributed by atoms with Gasteiger partial charge in [-0.15, -0.1) is 0 Å². The van der Waals surface area contributed by atoms with Crippen molar-refractivity contribution in [2.45, 2.75) is 90.9 Å². The van der Waals surface area contributed by atoms with Gasteiger partial charge in [-0.1, -0.05) is 23.7 Å². The third kappa shape index (κ3) is 9.55. The molecule has 1 aliphatic carbocycles. The first-order valence-electron chi connectivity index (χ1n) is 15.4. The predicted octanol–water partition coefficient (Wildman–Crippen LogP) is 7.67. The summed E-state index contributed by atoms with van der Waals surface area (Å²) in [7, 11) is 0. The molecule has 0 radical (unpaired) electrons. The van der Waals surface area contributed by atoms with E-state index in [1.54, 1.807) is 21.9 Å². The molecule has 11 heteroatoms. The zero-order valence-electron chi connectivity index (χ0n) is 26.7. The Morgan fingerprint density at radius 1 is 0.932 bits per heavy atom. The molecule has 1 saturated carbocycles. The fourth-order valence-electron chi connectivity index (χ4n) is 5.59. The molecule has 9 nitrogen and oxygen atoms in total. The molecular weight excluding hydrogens is 585 g/mol. The Balaban J connectivity index is 1.41. The van der Waals surface area contributed by atoms with Gasteiger partial charge in [0, 0.05) is 38.4 Å². The van der Waals surface area contributed by atoms with Gasteiger partial charge in [0.1, 0.15) is 34.1 Å². The summed E-state index contributed by atoms with van der Waals surface area (Å²) in [5.74, 6) is -0.0173. The number of rotatable bonds is 10. The molecule has 0 bridgehead atoms. The molecule has 2 amide bonds.